The van der Waals surface area contributed by atoms with Crippen LogP contribution in [0, 0.1) is 0 Å². The summed E-state index contributed by atoms with van der Waals surface area (Å²) in [6.07, 6.45) is 2.91. The van der Waals surface area contributed by atoms with Crippen LogP contribution in [-0.4, -0.2) is 75.0 Å². The first-order valence-electron chi connectivity index (χ1n) is 12.4. The summed E-state index contributed by atoms with van der Waals surface area (Å²) in [6.45, 7) is 0.182. The summed E-state index contributed by atoms with van der Waals surface area (Å²) in [4.78, 5) is 55.5. The molecule has 3 aromatic rings. The number of nitrogens with two attached hydrogens (primary N) is 1. The van der Waals surface area contributed by atoms with Gasteiger partial charge in [0.2, 0.25) is 17.7 Å². The van der Waals surface area contributed by atoms with Crippen molar-refractivity contribution in [2.75, 3.05) is 13.1 Å². The van der Waals surface area contributed by atoms with Gasteiger partial charge >= 0.3 is 5.97 Å². The minimum atomic E-state index is -1.27. The van der Waals surface area contributed by atoms with Crippen molar-refractivity contribution in [3.05, 3.63) is 65.9 Å². The Hall–Kier alpha value is -4.38. The maximum absolute atomic E-state index is 13.4. The molecule has 4 rings (SSSR count). The van der Waals surface area contributed by atoms with Crippen molar-refractivity contribution < 1.29 is 29.4 Å². The van der Waals surface area contributed by atoms with Gasteiger partial charge in [-0.2, -0.15) is 0 Å². The SMILES string of the molecule is NCC(=O)N1CCCC1C(=O)NC(Cc1c[nH]c2ccccc12)C(=O)NC(Cc1ccc(O)cc1)C(=O)O. The van der Waals surface area contributed by atoms with Crippen molar-refractivity contribution in [1.82, 2.24) is 20.5 Å². The average molecular weight is 522 g/mol. The Morgan fingerprint density at radius 1 is 1.03 bits per heavy atom. The van der Waals surface area contributed by atoms with Gasteiger partial charge in [-0.1, -0.05) is 30.3 Å². The Bertz CT molecular complexity index is 1320. The molecule has 1 aromatic heterocycles. The van der Waals surface area contributed by atoms with Gasteiger partial charge in [0.1, 0.15) is 23.9 Å². The van der Waals surface area contributed by atoms with E-state index in [1.54, 1.807) is 18.3 Å². The number of aromatic hydroxyl groups is 1. The van der Waals surface area contributed by atoms with Crippen LogP contribution in [0.2, 0.25) is 0 Å². The van der Waals surface area contributed by atoms with E-state index in [-0.39, 0.29) is 31.0 Å². The number of hydrogen-bond donors (Lipinski definition) is 6. The number of nitrogens with zero attached hydrogens (tertiary/aromatic N) is 1. The van der Waals surface area contributed by atoms with E-state index < -0.39 is 35.9 Å². The monoisotopic (exact) mass is 521 g/mol. The lowest BCUT2D eigenvalue weighted by atomic mass is 10.0. The zero-order chi connectivity index (χ0) is 27.2. The molecular formula is C27H31N5O6. The number of hydrogen-bond acceptors (Lipinski definition) is 6. The molecule has 2 heterocycles. The van der Waals surface area contributed by atoms with E-state index in [2.05, 4.69) is 15.6 Å². The molecule has 2 aromatic carbocycles. The van der Waals surface area contributed by atoms with Crippen LogP contribution < -0.4 is 16.4 Å². The lowest BCUT2D eigenvalue weighted by molar-refractivity contribution is -0.142. The second-order valence-corrected chi connectivity index (χ2v) is 9.34. The van der Waals surface area contributed by atoms with E-state index >= 15 is 0 Å². The molecule has 1 fully saturated rings. The fraction of sp³-hybridized carbons (Fsp3) is 0.333. The van der Waals surface area contributed by atoms with Crippen molar-refractivity contribution in [3.8, 4) is 5.75 Å². The van der Waals surface area contributed by atoms with E-state index in [9.17, 15) is 29.4 Å². The third-order valence-electron chi connectivity index (χ3n) is 6.77. The average Bonchev–Trinajstić information content (AvgIpc) is 3.56. The molecule has 3 amide bonds. The Kier molecular flexibility index (Phi) is 8.27. The van der Waals surface area contributed by atoms with Gasteiger partial charge in [-0.05, 0) is 42.2 Å². The molecule has 11 heteroatoms. The van der Waals surface area contributed by atoms with Crippen molar-refractivity contribution in [1.29, 1.82) is 0 Å². The predicted molar refractivity (Wildman–Crippen MR) is 139 cm³/mol. The Balaban J connectivity index is 1.56. The molecule has 0 radical (unpaired) electrons. The number of H-pyrrole nitrogens is 1. The maximum atomic E-state index is 13.4. The molecule has 1 aliphatic heterocycles. The minimum Gasteiger partial charge on any atom is -0.508 e. The van der Waals surface area contributed by atoms with E-state index in [0.717, 1.165) is 16.5 Å². The third kappa shape index (κ3) is 6.12. The minimum absolute atomic E-state index is 0.0174. The predicted octanol–water partition coefficient (Wildman–Crippen LogP) is 0.663. The molecule has 0 spiro atoms. The van der Waals surface area contributed by atoms with E-state index in [0.29, 0.717) is 24.9 Å². The molecule has 11 nitrogen and oxygen atoms in total. The molecule has 3 unspecified atom stereocenters. The van der Waals surface area contributed by atoms with Gasteiger partial charge in [0.25, 0.3) is 0 Å². The van der Waals surface area contributed by atoms with Crippen molar-refractivity contribution in [2.24, 2.45) is 5.73 Å². The van der Waals surface area contributed by atoms with Gasteiger partial charge in [-0.25, -0.2) is 4.79 Å². The Labute approximate surface area is 219 Å². The number of carbonyl (C=O) groups is 4. The van der Waals surface area contributed by atoms with Gasteiger partial charge in [0.05, 0.1) is 6.54 Å². The van der Waals surface area contributed by atoms with Crippen LogP contribution in [0.4, 0.5) is 0 Å². The number of nitrogens with one attached hydrogen (secondary N) is 3. The molecule has 0 saturated carbocycles. The lowest BCUT2D eigenvalue weighted by Crippen LogP contribution is -2.56. The number of rotatable bonds is 10. The summed E-state index contributed by atoms with van der Waals surface area (Å²) < 4.78 is 0. The number of carbonyl (C=O) groups excluding carboxylic acids is 3. The number of amides is 3. The molecule has 0 aliphatic carbocycles. The van der Waals surface area contributed by atoms with Crippen LogP contribution >= 0.6 is 0 Å². The molecule has 1 saturated heterocycles. The molecule has 0 bridgehead atoms. The fourth-order valence-electron chi connectivity index (χ4n) is 4.79. The van der Waals surface area contributed by atoms with Crippen LogP contribution in [0.5, 0.6) is 5.75 Å². The zero-order valence-corrected chi connectivity index (χ0v) is 20.7. The maximum Gasteiger partial charge on any atom is 0.326 e. The van der Waals surface area contributed by atoms with Crippen LogP contribution in [0.25, 0.3) is 10.9 Å². The highest BCUT2D eigenvalue weighted by Gasteiger charge is 2.36. The molecule has 3 atom stereocenters. The van der Waals surface area contributed by atoms with E-state index in [1.165, 1.54) is 17.0 Å². The molecule has 1 aliphatic rings. The summed E-state index contributed by atoms with van der Waals surface area (Å²) in [7, 11) is 0. The van der Waals surface area contributed by atoms with Gasteiger partial charge in [-0.15, -0.1) is 0 Å². The highest BCUT2D eigenvalue weighted by molar-refractivity contribution is 5.94. The summed E-state index contributed by atoms with van der Waals surface area (Å²) in [5, 5.41) is 25.5. The quantitative estimate of drug-likeness (QED) is 0.227. The van der Waals surface area contributed by atoms with Crippen LogP contribution in [0.15, 0.2) is 54.7 Å². The zero-order valence-electron chi connectivity index (χ0n) is 20.7. The molecule has 7 N–H and O–H groups in total. The fourth-order valence-corrected chi connectivity index (χ4v) is 4.79. The number of aliphatic carboxylic acids is 1. The van der Waals surface area contributed by atoms with Crippen molar-refractivity contribution >= 4 is 34.6 Å². The number of aromatic amines is 1. The van der Waals surface area contributed by atoms with Gasteiger partial charge < -0.3 is 36.5 Å². The van der Waals surface area contributed by atoms with E-state index in [1.807, 2.05) is 24.3 Å². The number of benzene rings is 2. The number of fused-ring (bicyclic) bond motifs is 1. The van der Waals surface area contributed by atoms with Crippen LogP contribution in [0.3, 0.4) is 0 Å². The number of carboxylic acid groups (broad SMARTS) is 1. The number of carboxylic acids is 1. The first-order chi connectivity index (χ1) is 18.3. The number of phenolic OH excluding ortho intramolecular Hbond substituents is 1. The van der Waals surface area contributed by atoms with Gasteiger partial charge in [0.15, 0.2) is 0 Å². The summed E-state index contributed by atoms with van der Waals surface area (Å²) >= 11 is 0. The number of phenols is 1. The van der Waals surface area contributed by atoms with Gasteiger partial charge in [-0.3, -0.25) is 14.4 Å². The highest BCUT2D eigenvalue weighted by Crippen LogP contribution is 2.21. The van der Waals surface area contributed by atoms with Crippen molar-refractivity contribution in [3.63, 3.8) is 0 Å². The largest absolute Gasteiger partial charge is 0.508 e. The lowest BCUT2D eigenvalue weighted by Gasteiger charge is -2.27. The van der Waals surface area contributed by atoms with E-state index in [4.69, 9.17) is 5.73 Å². The second-order valence-electron chi connectivity index (χ2n) is 9.34. The molecule has 38 heavy (non-hydrogen) atoms. The smallest absolute Gasteiger partial charge is 0.326 e. The number of para-hydroxylation sites is 1. The Morgan fingerprint density at radius 2 is 1.76 bits per heavy atom. The normalized spacial score (nSPS) is 16.7. The molecular weight excluding hydrogens is 490 g/mol. The topological polar surface area (TPSA) is 178 Å². The summed E-state index contributed by atoms with van der Waals surface area (Å²) in [5.41, 5.74) is 7.74. The van der Waals surface area contributed by atoms with Crippen molar-refractivity contribution in [2.45, 2.75) is 43.8 Å². The first kappa shape index (κ1) is 26.7. The van der Waals surface area contributed by atoms with Crippen LogP contribution in [0.1, 0.15) is 24.0 Å². The van der Waals surface area contributed by atoms with Crippen LogP contribution in [-0.2, 0) is 32.0 Å². The molecule has 200 valence electrons. The summed E-state index contributed by atoms with van der Waals surface area (Å²) in [5.74, 6) is -2.70. The first-order valence-corrected chi connectivity index (χ1v) is 12.4. The van der Waals surface area contributed by atoms with Gasteiger partial charge in [0, 0.05) is 36.5 Å². The standard InChI is InChI=1S/C27H31N5O6/c28-14-24(34)32-11-3-6-23(32)26(36)30-21(13-17-15-29-20-5-2-1-4-19(17)20)25(35)31-22(27(37)38)12-16-7-9-18(33)10-8-16/h1-2,4-5,7-10,15,21-23,29,33H,3,6,11-14,28H2,(H,30,36)(H,31,35)(H,37,38). The summed E-state index contributed by atoms with van der Waals surface area (Å²) in [6, 6.07) is 10.4. The number of likely N-dealkylation sites (tertiary alicyclic amines) is 1. The Morgan fingerprint density at radius 3 is 2.47 bits per heavy atom. The highest BCUT2D eigenvalue weighted by atomic mass is 16.4. The number of aromatic nitrogens is 1. The second kappa shape index (κ2) is 11.8. The third-order valence-corrected chi connectivity index (χ3v) is 6.77.